The van der Waals surface area contributed by atoms with E-state index in [1.54, 1.807) is 0 Å². The Bertz CT molecular complexity index is 418. The molecule has 2 bridgehead atoms. The Kier molecular flexibility index (Phi) is 3.27. The summed E-state index contributed by atoms with van der Waals surface area (Å²) in [5.74, 6) is 1.03. The van der Waals surface area contributed by atoms with Crippen molar-refractivity contribution in [3.63, 3.8) is 0 Å². The van der Waals surface area contributed by atoms with E-state index in [2.05, 4.69) is 0 Å². The molecule has 0 amide bonds. The van der Waals surface area contributed by atoms with Crippen LogP contribution in [0, 0.1) is 5.92 Å². The van der Waals surface area contributed by atoms with Crippen LogP contribution in [0.3, 0.4) is 0 Å². The van der Waals surface area contributed by atoms with E-state index in [0.717, 1.165) is 30.6 Å². The number of hydrogen-bond donors (Lipinski definition) is 1. The molecule has 1 aromatic rings. The summed E-state index contributed by atoms with van der Waals surface area (Å²) in [6.07, 6.45) is 3.35. The molecule has 18 heavy (non-hydrogen) atoms. The second kappa shape index (κ2) is 4.90. The predicted molar refractivity (Wildman–Crippen MR) is 68.6 cm³/mol. The van der Waals surface area contributed by atoms with Gasteiger partial charge >= 0.3 is 0 Å². The molecule has 3 heteroatoms. The Balaban J connectivity index is 1.81. The fraction of sp³-hybridized carbons (Fsp3) is 0.600. The zero-order chi connectivity index (χ0) is 12.5. The van der Waals surface area contributed by atoms with Gasteiger partial charge in [-0.25, -0.2) is 0 Å². The number of fused-ring (bicyclic) bond motifs is 2. The third-order valence-corrected chi connectivity index (χ3v) is 4.10. The van der Waals surface area contributed by atoms with Gasteiger partial charge in [0.2, 0.25) is 0 Å². The molecule has 0 spiro atoms. The molecule has 4 atom stereocenters. The minimum absolute atomic E-state index is 0.227. The highest BCUT2D eigenvalue weighted by Crippen LogP contribution is 2.46. The summed E-state index contributed by atoms with van der Waals surface area (Å²) in [5.41, 5.74) is 0.903. The van der Waals surface area contributed by atoms with E-state index in [0.29, 0.717) is 12.7 Å². The topological polar surface area (TPSA) is 38.7 Å². The van der Waals surface area contributed by atoms with Crippen molar-refractivity contribution in [3.8, 4) is 5.75 Å². The van der Waals surface area contributed by atoms with Crippen molar-refractivity contribution in [2.24, 2.45) is 5.92 Å². The second-order valence-corrected chi connectivity index (χ2v) is 5.19. The molecule has 4 unspecified atom stereocenters. The quantitative estimate of drug-likeness (QED) is 0.890. The largest absolute Gasteiger partial charge is 0.493 e. The van der Waals surface area contributed by atoms with Crippen LogP contribution in [0.15, 0.2) is 24.3 Å². The van der Waals surface area contributed by atoms with Gasteiger partial charge in [0, 0.05) is 11.5 Å². The van der Waals surface area contributed by atoms with Gasteiger partial charge in [0.25, 0.3) is 0 Å². The monoisotopic (exact) mass is 248 g/mol. The molecule has 3 nitrogen and oxygen atoms in total. The molecule has 0 radical (unpaired) electrons. The molecule has 1 aromatic carbocycles. The Morgan fingerprint density at radius 2 is 2.22 bits per heavy atom. The lowest BCUT2D eigenvalue weighted by atomic mass is 9.82. The summed E-state index contributed by atoms with van der Waals surface area (Å²) >= 11 is 0. The highest BCUT2D eigenvalue weighted by atomic mass is 16.5. The molecule has 2 saturated heterocycles. The van der Waals surface area contributed by atoms with Crippen LogP contribution >= 0.6 is 0 Å². The van der Waals surface area contributed by atoms with Crippen molar-refractivity contribution >= 4 is 0 Å². The normalized spacial score (nSPS) is 31.6. The number of aliphatic hydroxyl groups is 1. The van der Waals surface area contributed by atoms with E-state index in [1.807, 2.05) is 31.2 Å². The molecule has 3 rings (SSSR count). The highest BCUT2D eigenvalue weighted by Gasteiger charge is 2.44. The number of benzene rings is 1. The first-order chi connectivity index (χ1) is 8.79. The van der Waals surface area contributed by atoms with Crippen LogP contribution in [-0.2, 0) is 4.74 Å². The Hall–Kier alpha value is -1.06. The van der Waals surface area contributed by atoms with E-state index in [-0.39, 0.29) is 12.0 Å². The average molecular weight is 248 g/mol. The van der Waals surface area contributed by atoms with Crippen LogP contribution in [0.25, 0.3) is 0 Å². The number of para-hydroxylation sites is 1. The van der Waals surface area contributed by atoms with Crippen LogP contribution < -0.4 is 4.74 Å². The predicted octanol–water partition coefficient (Wildman–Crippen LogP) is 2.69. The third-order valence-electron chi connectivity index (χ3n) is 4.10. The van der Waals surface area contributed by atoms with E-state index >= 15 is 0 Å². The molecule has 0 aliphatic carbocycles. The van der Waals surface area contributed by atoms with Crippen LogP contribution in [0.2, 0.25) is 0 Å². The van der Waals surface area contributed by atoms with Gasteiger partial charge in [-0.05, 0) is 32.3 Å². The summed E-state index contributed by atoms with van der Waals surface area (Å²) in [7, 11) is 0. The first kappa shape index (κ1) is 12.0. The smallest absolute Gasteiger partial charge is 0.125 e. The Morgan fingerprint density at radius 1 is 1.39 bits per heavy atom. The number of ether oxygens (including phenoxy) is 2. The lowest BCUT2D eigenvalue weighted by molar-refractivity contribution is 0.0409. The van der Waals surface area contributed by atoms with Gasteiger partial charge in [0.15, 0.2) is 0 Å². The zero-order valence-electron chi connectivity index (χ0n) is 10.7. The molecular weight excluding hydrogens is 228 g/mol. The lowest BCUT2D eigenvalue weighted by Crippen LogP contribution is -2.24. The van der Waals surface area contributed by atoms with Gasteiger partial charge in [-0.3, -0.25) is 0 Å². The molecule has 98 valence electrons. The fourth-order valence-corrected chi connectivity index (χ4v) is 3.25. The number of aliphatic hydroxyl groups excluding tert-OH is 1. The minimum Gasteiger partial charge on any atom is -0.493 e. The molecular formula is C15H20O3. The van der Waals surface area contributed by atoms with Crippen LogP contribution in [-0.4, -0.2) is 23.9 Å². The van der Waals surface area contributed by atoms with Gasteiger partial charge in [-0.15, -0.1) is 0 Å². The molecule has 2 heterocycles. The molecule has 2 fully saturated rings. The van der Waals surface area contributed by atoms with Gasteiger partial charge in [-0.1, -0.05) is 18.2 Å². The lowest BCUT2D eigenvalue weighted by Gasteiger charge is -2.25. The highest BCUT2D eigenvalue weighted by molar-refractivity contribution is 5.35. The SMILES string of the molecule is CCOc1ccccc1C(O)C1CC2CCC1O2. The van der Waals surface area contributed by atoms with E-state index in [1.165, 1.54) is 0 Å². The minimum atomic E-state index is -0.469. The van der Waals surface area contributed by atoms with E-state index in [9.17, 15) is 5.11 Å². The molecule has 1 N–H and O–H groups in total. The third kappa shape index (κ3) is 2.02. The maximum absolute atomic E-state index is 10.6. The zero-order valence-corrected chi connectivity index (χ0v) is 10.7. The second-order valence-electron chi connectivity index (χ2n) is 5.19. The summed E-state index contributed by atoms with van der Waals surface area (Å²) in [6.45, 7) is 2.58. The van der Waals surface area contributed by atoms with Gasteiger partial charge in [0.1, 0.15) is 5.75 Å². The molecule has 0 saturated carbocycles. The van der Waals surface area contributed by atoms with Crippen molar-refractivity contribution in [1.82, 2.24) is 0 Å². The fourth-order valence-electron chi connectivity index (χ4n) is 3.25. The average Bonchev–Trinajstić information content (AvgIpc) is 3.01. The molecule has 2 aliphatic heterocycles. The maximum Gasteiger partial charge on any atom is 0.125 e. The van der Waals surface area contributed by atoms with Crippen molar-refractivity contribution in [3.05, 3.63) is 29.8 Å². The van der Waals surface area contributed by atoms with Crippen molar-refractivity contribution in [2.75, 3.05) is 6.61 Å². The first-order valence-electron chi connectivity index (χ1n) is 6.85. The van der Waals surface area contributed by atoms with Crippen molar-refractivity contribution < 1.29 is 14.6 Å². The van der Waals surface area contributed by atoms with Gasteiger partial charge in [-0.2, -0.15) is 0 Å². The maximum atomic E-state index is 10.6. The Morgan fingerprint density at radius 3 is 2.89 bits per heavy atom. The summed E-state index contributed by atoms with van der Waals surface area (Å²) in [4.78, 5) is 0. The van der Waals surface area contributed by atoms with Crippen LogP contribution in [0.5, 0.6) is 5.75 Å². The summed E-state index contributed by atoms with van der Waals surface area (Å²) < 4.78 is 11.4. The van der Waals surface area contributed by atoms with Crippen LogP contribution in [0.4, 0.5) is 0 Å². The summed E-state index contributed by atoms with van der Waals surface area (Å²) in [5, 5.41) is 10.6. The van der Waals surface area contributed by atoms with E-state index < -0.39 is 6.10 Å². The van der Waals surface area contributed by atoms with Gasteiger partial charge < -0.3 is 14.6 Å². The molecule has 0 aromatic heterocycles. The summed E-state index contributed by atoms with van der Waals surface area (Å²) in [6, 6.07) is 7.78. The van der Waals surface area contributed by atoms with Crippen molar-refractivity contribution in [1.29, 1.82) is 0 Å². The Labute approximate surface area is 108 Å². The number of hydrogen-bond acceptors (Lipinski definition) is 3. The van der Waals surface area contributed by atoms with E-state index in [4.69, 9.17) is 9.47 Å². The van der Waals surface area contributed by atoms with Crippen molar-refractivity contribution in [2.45, 2.75) is 44.5 Å². The van der Waals surface area contributed by atoms with Gasteiger partial charge in [0.05, 0.1) is 24.9 Å². The molecule has 2 aliphatic rings. The standard InChI is InChI=1S/C15H20O3/c1-2-17-13-6-4-3-5-11(13)15(16)12-9-10-7-8-14(12)18-10/h3-6,10,12,14-16H,2,7-9H2,1H3. The number of rotatable bonds is 4. The van der Waals surface area contributed by atoms with Crippen LogP contribution in [0.1, 0.15) is 37.9 Å². The first-order valence-corrected chi connectivity index (χ1v) is 6.85.